The van der Waals surface area contributed by atoms with E-state index in [1.54, 1.807) is 17.0 Å². The van der Waals surface area contributed by atoms with Crippen LogP contribution >= 0.6 is 0 Å². The smallest absolute Gasteiger partial charge is 0.269 e. The van der Waals surface area contributed by atoms with E-state index >= 15 is 0 Å². The van der Waals surface area contributed by atoms with E-state index in [1.807, 2.05) is 6.92 Å². The summed E-state index contributed by atoms with van der Waals surface area (Å²) in [4.78, 5) is 38.6. The summed E-state index contributed by atoms with van der Waals surface area (Å²) in [5.41, 5.74) is 3.45. The Morgan fingerprint density at radius 1 is 1.21 bits per heavy atom. The molecule has 3 aliphatic rings. The third kappa shape index (κ3) is 3.55. The minimum Gasteiger partial charge on any atom is -0.378 e. The number of dihydropyridines is 1. The van der Waals surface area contributed by atoms with Gasteiger partial charge in [0.25, 0.3) is 11.6 Å². The number of ketones is 1. The molecular formula is C21H23N3O5. The molecule has 1 aliphatic carbocycles. The Bertz CT molecular complexity index is 926. The fraction of sp³-hybridized carbons (Fsp3) is 0.429. The lowest BCUT2D eigenvalue weighted by atomic mass is 9.75. The maximum absolute atomic E-state index is 13.4. The normalized spacial score (nSPS) is 22.3. The second-order valence-corrected chi connectivity index (χ2v) is 7.52. The zero-order valence-corrected chi connectivity index (χ0v) is 16.3. The Balaban J connectivity index is 1.80. The number of nitro benzene ring substituents is 1. The lowest BCUT2D eigenvalue weighted by Crippen LogP contribution is -2.44. The molecule has 0 radical (unpaired) electrons. The number of amides is 1. The van der Waals surface area contributed by atoms with E-state index in [1.165, 1.54) is 12.1 Å². The highest BCUT2D eigenvalue weighted by atomic mass is 16.6. The molecule has 2 heterocycles. The van der Waals surface area contributed by atoms with Gasteiger partial charge in [-0.1, -0.05) is 12.1 Å². The number of Topliss-reactive ketones (excluding diaryl/α,β-unsaturated/α-hetero) is 1. The van der Waals surface area contributed by atoms with Crippen molar-refractivity contribution < 1.29 is 19.2 Å². The highest BCUT2D eigenvalue weighted by molar-refractivity contribution is 6.05. The first-order valence-electron chi connectivity index (χ1n) is 9.82. The Hall–Kier alpha value is -3.00. The van der Waals surface area contributed by atoms with E-state index in [0.717, 1.165) is 29.8 Å². The topological polar surface area (TPSA) is 102 Å². The van der Waals surface area contributed by atoms with Gasteiger partial charge in [0.2, 0.25) is 0 Å². The molecule has 2 aliphatic heterocycles. The van der Waals surface area contributed by atoms with Crippen LogP contribution in [0.1, 0.15) is 37.7 Å². The molecule has 8 heteroatoms. The highest BCUT2D eigenvalue weighted by Gasteiger charge is 2.40. The van der Waals surface area contributed by atoms with Gasteiger partial charge in [-0.05, 0) is 25.3 Å². The number of hydrogen-bond acceptors (Lipinski definition) is 6. The van der Waals surface area contributed by atoms with Crippen LogP contribution < -0.4 is 5.32 Å². The number of allylic oxidation sites excluding steroid dienone is 3. The summed E-state index contributed by atoms with van der Waals surface area (Å²) >= 11 is 0. The predicted molar refractivity (Wildman–Crippen MR) is 105 cm³/mol. The fourth-order valence-corrected chi connectivity index (χ4v) is 4.33. The largest absolute Gasteiger partial charge is 0.378 e. The molecule has 1 saturated heterocycles. The first-order chi connectivity index (χ1) is 14.0. The van der Waals surface area contributed by atoms with Crippen LogP contribution in [0.5, 0.6) is 0 Å². The van der Waals surface area contributed by atoms with Crippen molar-refractivity contribution in [2.24, 2.45) is 0 Å². The maximum Gasteiger partial charge on any atom is 0.269 e. The number of rotatable bonds is 3. The monoisotopic (exact) mass is 397 g/mol. The van der Waals surface area contributed by atoms with Gasteiger partial charge in [-0.15, -0.1) is 0 Å². The summed E-state index contributed by atoms with van der Waals surface area (Å²) < 4.78 is 5.36. The third-order valence-electron chi connectivity index (χ3n) is 5.74. The number of non-ortho nitro benzene ring substituents is 1. The summed E-state index contributed by atoms with van der Waals surface area (Å²) in [5, 5.41) is 14.3. The summed E-state index contributed by atoms with van der Waals surface area (Å²) in [5.74, 6) is -0.608. The van der Waals surface area contributed by atoms with E-state index < -0.39 is 10.8 Å². The third-order valence-corrected chi connectivity index (χ3v) is 5.74. The number of nitrogens with one attached hydrogen (secondary N) is 1. The summed E-state index contributed by atoms with van der Waals surface area (Å²) in [6.45, 7) is 3.83. The van der Waals surface area contributed by atoms with E-state index in [9.17, 15) is 19.7 Å². The van der Waals surface area contributed by atoms with Gasteiger partial charge in [0, 0.05) is 60.1 Å². The van der Waals surface area contributed by atoms with E-state index in [0.29, 0.717) is 43.9 Å². The van der Waals surface area contributed by atoms with Crippen molar-refractivity contribution in [2.75, 3.05) is 26.3 Å². The number of nitro groups is 1. The standard InChI is InChI=1S/C21H23N3O5/c1-13-18(21(26)23-9-11-29-12-10-23)19(14-5-7-15(8-6-14)24(27)28)20-16(22-13)3-2-4-17(20)25/h5-8,19,22H,2-4,9-12H2,1H3. The van der Waals surface area contributed by atoms with Crippen molar-refractivity contribution in [3.63, 3.8) is 0 Å². The molecule has 0 spiro atoms. The van der Waals surface area contributed by atoms with Crippen molar-refractivity contribution in [3.8, 4) is 0 Å². The van der Waals surface area contributed by atoms with Crippen molar-refractivity contribution in [1.82, 2.24) is 10.2 Å². The molecule has 1 unspecified atom stereocenters. The quantitative estimate of drug-likeness (QED) is 0.621. The number of nitrogens with zero attached hydrogens (tertiary/aromatic N) is 2. The Morgan fingerprint density at radius 3 is 2.55 bits per heavy atom. The zero-order valence-electron chi connectivity index (χ0n) is 16.3. The Kier molecular flexibility index (Phi) is 5.19. The molecular weight excluding hydrogens is 374 g/mol. The van der Waals surface area contributed by atoms with Crippen LogP contribution in [0.3, 0.4) is 0 Å². The molecule has 1 atom stereocenters. The lowest BCUT2D eigenvalue weighted by Gasteiger charge is -2.37. The van der Waals surface area contributed by atoms with Crippen LogP contribution in [0.2, 0.25) is 0 Å². The van der Waals surface area contributed by atoms with Gasteiger partial charge in [0.1, 0.15) is 0 Å². The summed E-state index contributed by atoms with van der Waals surface area (Å²) in [6, 6.07) is 6.16. The number of hydrogen-bond donors (Lipinski definition) is 1. The molecule has 8 nitrogen and oxygen atoms in total. The van der Waals surface area contributed by atoms with Gasteiger partial charge in [-0.25, -0.2) is 0 Å². The molecule has 0 bridgehead atoms. The van der Waals surface area contributed by atoms with E-state index in [4.69, 9.17) is 4.74 Å². The Labute approximate surface area is 168 Å². The van der Waals surface area contributed by atoms with Gasteiger partial charge in [0.05, 0.1) is 18.1 Å². The van der Waals surface area contributed by atoms with Gasteiger partial charge >= 0.3 is 0 Å². The average molecular weight is 397 g/mol. The van der Waals surface area contributed by atoms with Crippen LogP contribution in [0, 0.1) is 10.1 Å². The number of carbonyl (C=O) groups excluding carboxylic acids is 2. The van der Waals surface area contributed by atoms with Crippen molar-refractivity contribution in [3.05, 3.63) is 62.5 Å². The van der Waals surface area contributed by atoms with Crippen molar-refractivity contribution in [2.45, 2.75) is 32.1 Å². The van der Waals surface area contributed by atoms with Gasteiger partial charge in [0.15, 0.2) is 5.78 Å². The summed E-state index contributed by atoms with van der Waals surface area (Å²) in [7, 11) is 0. The number of morpholine rings is 1. The lowest BCUT2D eigenvalue weighted by molar-refractivity contribution is -0.384. The van der Waals surface area contributed by atoms with Gasteiger partial charge in [-0.3, -0.25) is 19.7 Å². The van der Waals surface area contributed by atoms with Gasteiger partial charge < -0.3 is 15.0 Å². The molecule has 152 valence electrons. The van der Waals surface area contributed by atoms with Crippen LogP contribution in [0.15, 0.2) is 46.8 Å². The number of ether oxygens (including phenoxy) is 1. The molecule has 4 rings (SSSR count). The molecule has 29 heavy (non-hydrogen) atoms. The molecule has 1 amide bonds. The average Bonchev–Trinajstić information content (AvgIpc) is 2.73. The molecule has 1 aromatic carbocycles. The van der Waals surface area contributed by atoms with Gasteiger partial charge in [-0.2, -0.15) is 0 Å². The highest BCUT2D eigenvalue weighted by Crippen LogP contribution is 2.43. The van der Waals surface area contributed by atoms with Crippen LogP contribution in [0.25, 0.3) is 0 Å². The predicted octanol–water partition coefficient (Wildman–Crippen LogP) is 2.42. The van der Waals surface area contributed by atoms with Crippen LogP contribution in [0.4, 0.5) is 5.69 Å². The Morgan fingerprint density at radius 2 is 1.90 bits per heavy atom. The van der Waals surface area contributed by atoms with Crippen molar-refractivity contribution in [1.29, 1.82) is 0 Å². The van der Waals surface area contributed by atoms with E-state index in [-0.39, 0.29) is 17.4 Å². The van der Waals surface area contributed by atoms with Crippen molar-refractivity contribution >= 4 is 17.4 Å². The first-order valence-corrected chi connectivity index (χ1v) is 9.82. The second kappa shape index (κ2) is 7.79. The first kappa shape index (κ1) is 19.3. The molecule has 1 fully saturated rings. The second-order valence-electron chi connectivity index (χ2n) is 7.52. The van der Waals surface area contributed by atoms with Crippen LogP contribution in [-0.4, -0.2) is 47.8 Å². The minimum atomic E-state index is -0.518. The fourth-order valence-electron chi connectivity index (χ4n) is 4.33. The number of carbonyl (C=O) groups is 2. The molecule has 0 saturated carbocycles. The van der Waals surface area contributed by atoms with E-state index in [2.05, 4.69) is 5.32 Å². The maximum atomic E-state index is 13.4. The molecule has 1 aromatic rings. The molecule has 0 aromatic heterocycles. The SMILES string of the molecule is CC1=C(C(=O)N2CCOCC2)C(c2ccc([N+](=O)[O-])cc2)C2=C(CCCC2=O)N1. The summed E-state index contributed by atoms with van der Waals surface area (Å²) in [6.07, 6.45) is 1.97. The zero-order chi connectivity index (χ0) is 20.5. The number of benzene rings is 1. The molecule has 1 N–H and O–H groups in total. The minimum absolute atomic E-state index is 0.0198. The van der Waals surface area contributed by atoms with Crippen LogP contribution in [-0.2, 0) is 14.3 Å².